The van der Waals surface area contributed by atoms with Gasteiger partial charge >= 0.3 is 6.18 Å². The molecular formula is C11H10F3N5O. The van der Waals surface area contributed by atoms with Crippen molar-refractivity contribution in [2.45, 2.75) is 18.8 Å². The molecule has 1 heterocycles. The van der Waals surface area contributed by atoms with Crippen LogP contribution in [0.5, 0.6) is 0 Å². The molecule has 0 spiro atoms. The maximum absolute atomic E-state index is 13.0. The first-order chi connectivity index (χ1) is 9.47. The maximum Gasteiger partial charge on any atom is 0.412 e. The standard InChI is InChI=1S/C11H10F3N5O/c12-11(13,14)10(8-4-2-1-3-5-8)16-9(20)6-19-7-15-17-18-19/h1-5,7,10H,6H2,(H,16,20)/t10-/m1/s1. The molecule has 0 radical (unpaired) electrons. The Kier molecular flexibility index (Phi) is 3.97. The molecule has 0 fully saturated rings. The van der Waals surface area contributed by atoms with Crippen LogP contribution in [0.2, 0.25) is 0 Å². The Balaban J connectivity index is 2.11. The van der Waals surface area contributed by atoms with E-state index < -0.39 is 18.1 Å². The van der Waals surface area contributed by atoms with Crippen molar-refractivity contribution in [3.05, 3.63) is 42.2 Å². The number of rotatable bonds is 4. The number of hydrogen-bond donors (Lipinski definition) is 1. The molecule has 0 unspecified atom stereocenters. The predicted octanol–water partition coefficient (Wildman–Crippen LogP) is 1.09. The van der Waals surface area contributed by atoms with E-state index in [1.165, 1.54) is 24.3 Å². The third-order valence-electron chi connectivity index (χ3n) is 2.46. The summed E-state index contributed by atoms with van der Waals surface area (Å²) in [6.45, 7) is -0.383. The molecule has 106 valence electrons. The predicted molar refractivity (Wildman–Crippen MR) is 61.2 cm³/mol. The molecule has 1 aromatic carbocycles. The summed E-state index contributed by atoms with van der Waals surface area (Å²) in [7, 11) is 0. The van der Waals surface area contributed by atoms with Gasteiger partial charge in [0.05, 0.1) is 0 Å². The van der Waals surface area contributed by atoms with Gasteiger partial charge in [-0.1, -0.05) is 30.3 Å². The Hall–Kier alpha value is -2.45. The van der Waals surface area contributed by atoms with Gasteiger partial charge in [0.15, 0.2) is 6.04 Å². The van der Waals surface area contributed by atoms with Gasteiger partial charge in [-0.25, -0.2) is 4.68 Å². The molecule has 0 saturated heterocycles. The summed E-state index contributed by atoms with van der Waals surface area (Å²) in [4.78, 5) is 11.6. The summed E-state index contributed by atoms with van der Waals surface area (Å²) in [5, 5.41) is 11.9. The third-order valence-corrected chi connectivity index (χ3v) is 2.46. The number of nitrogens with one attached hydrogen (secondary N) is 1. The largest absolute Gasteiger partial charge is 0.412 e. The highest BCUT2D eigenvalue weighted by molar-refractivity contribution is 5.76. The minimum atomic E-state index is -4.59. The third kappa shape index (κ3) is 3.53. The average molecular weight is 285 g/mol. The zero-order valence-corrected chi connectivity index (χ0v) is 10.1. The van der Waals surface area contributed by atoms with Crippen LogP contribution in [0.4, 0.5) is 13.2 Å². The first kappa shape index (κ1) is 14.0. The van der Waals surface area contributed by atoms with Gasteiger partial charge in [-0.2, -0.15) is 13.2 Å². The number of nitrogens with zero attached hydrogens (tertiary/aromatic N) is 4. The van der Waals surface area contributed by atoms with Crippen molar-refractivity contribution < 1.29 is 18.0 Å². The minimum absolute atomic E-state index is 0.0370. The monoisotopic (exact) mass is 285 g/mol. The first-order valence-electron chi connectivity index (χ1n) is 5.58. The molecule has 1 N–H and O–H groups in total. The molecular weight excluding hydrogens is 275 g/mol. The molecule has 20 heavy (non-hydrogen) atoms. The zero-order valence-electron chi connectivity index (χ0n) is 10.1. The van der Waals surface area contributed by atoms with E-state index in [4.69, 9.17) is 0 Å². The second-order valence-electron chi connectivity index (χ2n) is 3.96. The van der Waals surface area contributed by atoms with E-state index in [1.54, 1.807) is 6.07 Å². The molecule has 0 saturated carbocycles. The van der Waals surface area contributed by atoms with Crippen molar-refractivity contribution >= 4 is 5.91 Å². The van der Waals surface area contributed by atoms with Crippen molar-refractivity contribution in [2.75, 3.05) is 0 Å². The van der Waals surface area contributed by atoms with Crippen LogP contribution in [0.15, 0.2) is 36.7 Å². The van der Waals surface area contributed by atoms with Crippen molar-refractivity contribution in [1.29, 1.82) is 0 Å². The Morgan fingerprint density at radius 3 is 2.55 bits per heavy atom. The Morgan fingerprint density at radius 2 is 2.00 bits per heavy atom. The number of hydrogen-bond acceptors (Lipinski definition) is 4. The number of aromatic nitrogens is 4. The van der Waals surface area contributed by atoms with Crippen LogP contribution in [0.25, 0.3) is 0 Å². The second-order valence-corrected chi connectivity index (χ2v) is 3.96. The fourth-order valence-corrected chi connectivity index (χ4v) is 1.61. The van der Waals surface area contributed by atoms with E-state index in [2.05, 4.69) is 15.5 Å². The number of amides is 1. The molecule has 1 aromatic heterocycles. The summed E-state index contributed by atoms with van der Waals surface area (Å²) in [5.74, 6) is -0.830. The average Bonchev–Trinajstić information content (AvgIpc) is 2.88. The van der Waals surface area contributed by atoms with Crippen LogP contribution in [-0.2, 0) is 11.3 Å². The number of benzene rings is 1. The SMILES string of the molecule is O=C(Cn1cnnn1)N[C@H](c1ccccc1)C(F)(F)F. The van der Waals surface area contributed by atoms with E-state index in [0.29, 0.717) is 0 Å². The lowest BCUT2D eigenvalue weighted by Gasteiger charge is -2.21. The van der Waals surface area contributed by atoms with Gasteiger partial charge in [0, 0.05) is 0 Å². The lowest BCUT2D eigenvalue weighted by Crippen LogP contribution is -2.39. The summed E-state index contributed by atoms with van der Waals surface area (Å²) >= 11 is 0. The van der Waals surface area contributed by atoms with Crippen LogP contribution < -0.4 is 5.32 Å². The van der Waals surface area contributed by atoms with Crippen molar-refractivity contribution in [1.82, 2.24) is 25.5 Å². The van der Waals surface area contributed by atoms with Gasteiger partial charge in [0.25, 0.3) is 0 Å². The van der Waals surface area contributed by atoms with E-state index in [-0.39, 0.29) is 12.1 Å². The van der Waals surface area contributed by atoms with Crippen LogP contribution in [0.1, 0.15) is 11.6 Å². The molecule has 0 aliphatic carbocycles. The van der Waals surface area contributed by atoms with Crippen LogP contribution >= 0.6 is 0 Å². The summed E-state index contributed by atoms with van der Waals surface area (Å²) in [6, 6.07) is 5.08. The maximum atomic E-state index is 13.0. The van der Waals surface area contributed by atoms with E-state index >= 15 is 0 Å². The van der Waals surface area contributed by atoms with Crippen LogP contribution in [0, 0.1) is 0 Å². The Bertz CT molecular complexity index is 555. The van der Waals surface area contributed by atoms with E-state index in [1.807, 2.05) is 5.32 Å². The summed E-state index contributed by atoms with van der Waals surface area (Å²) < 4.78 is 40.0. The van der Waals surface area contributed by atoms with Gasteiger partial charge in [-0.3, -0.25) is 4.79 Å². The molecule has 6 nitrogen and oxygen atoms in total. The quantitative estimate of drug-likeness (QED) is 0.912. The highest BCUT2D eigenvalue weighted by Gasteiger charge is 2.41. The fraction of sp³-hybridized carbons (Fsp3) is 0.273. The molecule has 0 aliphatic rings. The fourth-order valence-electron chi connectivity index (χ4n) is 1.61. The normalized spacial score (nSPS) is 12.9. The van der Waals surface area contributed by atoms with E-state index in [9.17, 15) is 18.0 Å². The van der Waals surface area contributed by atoms with Gasteiger partial charge in [0.2, 0.25) is 5.91 Å². The van der Waals surface area contributed by atoms with Crippen LogP contribution in [-0.4, -0.2) is 32.3 Å². The first-order valence-corrected chi connectivity index (χ1v) is 5.58. The van der Waals surface area contributed by atoms with Crippen molar-refractivity contribution in [3.63, 3.8) is 0 Å². The lowest BCUT2D eigenvalue weighted by molar-refractivity contribution is -0.163. The highest BCUT2D eigenvalue weighted by atomic mass is 19.4. The number of alkyl halides is 3. The topological polar surface area (TPSA) is 72.7 Å². The number of carbonyl (C=O) groups excluding carboxylic acids is 1. The van der Waals surface area contributed by atoms with Gasteiger partial charge in [-0.05, 0) is 16.0 Å². The Morgan fingerprint density at radius 1 is 1.30 bits per heavy atom. The number of tetrazole rings is 1. The minimum Gasteiger partial charge on any atom is -0.339 e. The van der Waals surface area contributed by atoms with Crippen molar-refractivity contribution in [2.24, 2.45) is 0 Å². The smallest absolute Gasteiger partial charge is 0.339 e. The lowest BCUT2D eigenvalue weighted by atomic mass is 10.1. The van der Waals surface area contributed by atoms with Crippen molar-refractivity contribution in [3.8, 4) is 0 Å². The van der Waals surface area contributed by atoms with Gasteiger partial charge in [-0.15, -0.1) is 5.10 Å². The molecule has 0 bridgehead atoms. The number of halogens is 3. The molecule has 2 aromatic rings. The molecule has 2 rings (SSSR count). The van der Waals surface area contributed by atoms with E-state index in [0.717, 1.165) is 11.0 Å². The highest BCUT2D eigenvalue weighted by Crippen LogP contribution is 2.32. The molecule has 1 amide bonds. The second kappa shape index (κ2) is 5.68. The summed E-state index contributed by atoms with van der Waals surface area (Å²) in [5.41, 5.74) is -0.0370. The molecule has 9 heteroatoms. The van der Waals surface area contributed by atoms with Gasteiger partial charge in [0.1, 0.15) is 12.9 Å². The molecule has 1 atom stereocenters. The van der Waals surface area contributed by atoms with Gasteiger partial charge < -0.3 is 5.32 Å². The van der Waals surface area contributed by atoms with Crippen LogP contribution in [0.3, 0.4) is 0 Å². The summed E-state index contributed by atoms with van der Waals surface area (Å²) in [6.07, 6.45) is -3.44. The zero-order chi connectivity index (χ0) is 14.6. The molecule has 0 aliphatic heterocycles. The Labute approximate surface area is 111 Å². The number of carbonyl (C=O) groups is 1.